The fraction of sp³-hybridized carbons (Fsp3) is 0.435. The zero-order chi connectivity index (χ0) is 20.9. The molecule has 0 unspecified atom stereocenters. The van der Waals surface area contributed by atoms with E-state index in [9.17, 15) is 0 Å². The Bertz CT molecular complexity index is 862. The lowest BCUT2D eigenvalue weighted by molar-refractivity contribution is 0.173. The summed E-state index contributed by atoms with van der Waals surface area (Å²) < 4.78 is 10.9. The van der Waals surface area contributed by atoms with Crippen LogP contribution in [-0.4, -0.2) is 61.0 Å². The molecule has 2 aromatic rings. The summed E-state index contributed by atoms with van der Waals surface area (Å²) in [5.74, 6) is 1.69. The number of anilines is 2. The van der Waals surface area contributed by atoms with Gasteiger partial charge in [-0.2, -0.15) is 0 Å². The van der Waals surface area contributed by atoms with Gasteiger partial charge in [0.25, 0.3) is 0 Å². The van der Waals surface area contributed by atoms with Gasteiger partial charge in [0, 0.05) is 57.2 Å². The van der Waals surface area contributed by atoms with Crippen molar-refractivity contribution < 1.29 is 9.47 Å². The number of hydrogen-bond donors (Lipinski definition) is 1. The minimum Gasteiger partial charge on any atom is -0.454 e. The SMILES string of the molecule is CCN(CC)c1ccc(NC(=S)N2CCN(Cc3ccc4c(c3)OCO4)CC2)cc1. The smallest absolute Gasteiger partial charge is 0.231 e. The summed E-state index contributed by atoms with van der Waals surface area (Å²) in [6, 6.07) is 14.7. The first-order chi connectivity index (χ1) is 14.7. The molecule has 2 aromatic carbocycles. The van der Waals surface area contributed by atoms with Crippen molar-refractivity contribution in [1.29, 1.82) is 0 Å². The molecular formula is C23H30N4O2S. The Labute approximate surface area is 184 Å². The molecule has 0 bridgehead atoms. The molecule has 2 aliphatic rings. The normalized spacial score (nSPS) is 15.9. The van der Waals surface area contributed by atoms with Crippen molar-refractivity contribution in [2.75, 3.05) is 56.3 Å². The molecule has 6 nitrogen and oxygen atoms in total. The van der Waals surface area contributed by atoms with Gasteiger partial charge in [0.1, 0.15) is 0 Å². The van der Waals surface area contributed by atoms with Crippen LogP contribution in [0.25, 0.3) is 0 Å². The van der Waals surface area contributed by atoms with E-state index in [4.69, 9.17) is 21.7 Å². The zero-order valence-electron chi connectivity index (χ0n) is 17.8. The first kappa shape index (κ1) is 20.8. The number of piperazine rings is 1. The highest BCUT2D eigenvalue weighted by molar-refractivity contribution is 7.80. The van der Waals surface area contributed by atoms with Gasteiger partial charge in [-0.3, -0.25) is 4.90 Å². The number of benzene rings is 2. The second-order valence-corrected chi connectivity index (χ2v) is 7.99. The van der Waals surface area contributed by atoms with E-state index in [0.29, 0.717) is 6.79 Å². The summed E-state index contributed by atoms with van der Waals surface area (Å²) in [6.45, 7) is 11.4. The lowest BCUT2D eigenvalue weighted by atomic mass is 10.1. The van der Waals surface area contributed by atoms with E-state index in [0.717, 1.165) is 68.1 Å². The molecule has 7 heteroatoms. The van der Waals surface area contributed by atoms with E-state index in [1.54, 1.807) is 0 Å². The molecule has 0 radical (unpaired) electrons. The summed E-state index contributed by atoms with van der Waals surface area (Å²) in [7, 11) is 0. The quantitative estimate of drug-likeness (QED) is 0.705. The van der Waals surface area contributed by atoms with E-state index < -0.39 is 0 Å². The van der Waals surface area contributed by atoms with Crippen LogP contribution in [0.3, 0.4) is 0 Å². The Kier molecular flexibility index (Phi) is 6.59. The number of ether oxygens (including phenoxy) is 2. The second-order valence-electron chi connectivity index (χ2n) is 7.60. The molecule has 0 atom stereocenters. The highest BCUT2D eigenvalue weighted by Gasteiger charge is 2.20. The maximum absolute atomic E-state index is 5.66. The molecule has 1 saturated heterocycles. The van der Waals surface area contributed by atoms with Crippen LogP contribution in [0.5, 0.6) is 11.5 Å². The van der Waals surface area contributed by atoms with Crippen molar-refractivity contribution >= 4 is 28.7 Å². The van der Waals surface area contributed by atoms with Crippen LogP contribution in [0, 0.1) is 0 Å². The third-order valence-electron chi connectivity index (χ3n) is 5.75. The zero-order valence-corrected chi connectivity index (χ0v) is 18.6. The fourth-order valence-corrected chi connectivity index (χ4v) is 4.25. The number of rotatable bonds is 6. The Morgan fingerprint density at radius 2 is 1.67 bits per heavy atom. The number of thiocarbonyl (C=S) groups is 1. The molecule has 30 heavy (non-hydrogen) atoms. The van der Waals surface area contributed by atoms with Crippen molar-refractivity contribution in [3.8, 4) is 11.5 Å². The molecule has 0 aliphatic carbocycles. The lowest BCUT2D eigenvalue weighted by Gasteiger charge is -2.36. The van der Waals surface area contributed by atoms with Crippen LogP contribution in [0.1, 0.15) is 19.4 Å². The maximum atomic E-state index is 5.66. The fourth-order valence-electron chi connectivity index (χ4n) is 3.95. The van der Waals surface area contributed by atoms with Gasteiger partial charge in [-0.15, -0.1) is 0 Å². The Morgan fingerprint density at radius 3 is 2.37 bits per heavy atom. The molecule has 2 heterocycles. The average Bonchev–Trinajstić information content (AvgIpc) is 3.24. The monoisotopic (exact) mass is 426 g/mol. The van der Waals surface area contributed by atoms with Crippen LogP contribution >= 0.6 is 12.2 Å². The standard InChI is InChI=1S/C23H30N4O2S/c1-3-26(4-2)20-8-6-19(7-9-20)24-23(30)27-13-11-25(12-14-27)16-18-5-10-21-22(15-18)29-17-28-21/h5-10,15H,3-4,11-14,16-17H2,1-2H3,(H,24,30). The average molecular weight is 427 g/mol. The highest BCUT2D eigenvalue weighted by atomic mass is 32.1. The van der Waals surface area contributed by atoms with Gasteiger partial charge >= 0.3 is 0 Å². The van der Waals surface area contributed by atoms with Crippen molar-refractivity contribution in [3.63, 3.8) is 0 Å². The summed E-state index contributed by atoms with van der Waals surface area (Å²) in [5, 5.41) is 4.20. The van der Waals surface area contributed by atoms with Crippen LogP contribution in [0.4, 0.5) is 11.4 Å². The predicted octanol–water partition coefficient (Wildman–Crippen LogP) is 3.78. The van der Waals surface area contributed by atoms with Gasteiger partial charge in [0.15, 0.2) is 16.6 Å². The van der Waals surface area contributed by atoms with E-state index in [1.807, 2.05) is 6.07 Å². The number of nitrogens with one attached hydrogen (secondary N) is 1. The first-order valence-electron chi connectivity index (χ1n) is 10.7. The second kappa shape index (κ2) is 9.53. The number of fused-ring (bicyclic) bond motifs is 1. The molecule has 0 saturated carbocycles. The summed E-state index contributed by atoms with van der Waals surface area (Å²) in [6.07, 6.45) is 0. The van der Waals surface area contributed by atoms with Gasteiger partial charge in [0.05, 0.1) is 0 Å². The minimum absolute atomic E-state index is 0.320. The Hall–Kier alpha value is -2.51. The van der Waals surface area contributed by atoms with Gasteiger partial charge < -0.3 is 24.6 Å². The van der Waals surface area contributed by atoms with Gasteiger partial charge in [-0.1, -0.05) is 6.07 Å². The van der Waals surface area contributed by atoms with Gasteiger partial charge in [-0.05, 0) is 68.0 Å². The molecular weight excluding hydrogens is 396 g/mol. The lowest BCUT2D eigenvalue weighted by Crippen LogP contribution is -2.49. The molecule has 0 spiro atoms. The van der Waals surface area contributed by atoms with E-state index in [-0.39, 0.29) is 0 Å². The molecule has 4 rings (SSSR count). The molecule has 1 fully saturated rings. The van der Waals surface area contributed by atoms with E-state index in [2.05, 4.69) is 70.3 Å². The Morgan fingerprint density at radius 1 is 0.967 bits per heavy atom. The van der Waals surface area contributed by atoms with E-state index in [1.165, 1.54) is 11.3 Å². The van der Waals surface area contributed by atoms with Crippen molar-refractivity contribution in [1.82, 2.24) is 9.80 Å². The largest absolute Gasteiger partial charge is 0.454 e. The van der Waals surface area contributed by atoms with Gasteiger partial charge in [-0.25, -0.2) is 0 Å². The minimum atomic E-state index is 0.320. The third kappa shape index (κ3) is 4.79. The molecule has 0 aromatic heterocycles. The van der Waals surface area contributed by atoms with Gasteiger partial charge in [0.2, 0.25) is 6.79 Å². The van der Waals surface area contributed by atoms with Crippen LogP contribution in [-0.2, 0) is 6.54 Å². The highest BCUT2D eigenvalue weighted by Crippen LogP contribution is 2.32. The topological polar surface area (TPSA) is 40.2 Å². The van der Waals surface area contributed by atoms with Crippen LogP contribution in [0.2, 0.25) is 0 Å². The first-order valence-corrected chi connectivity index (χ1v) is 11.1. The molecule has 160 valence electrons. The van der Waals surface area contributed by atoms with Crippen LogP contribution < -0.4 is 19.7 Å². The summed E-state index contributed by atoms with van der Waals surface area (Å²) in [5.41, 5.74) is 3.54. The Balaban J connectivity index is 1.26. The summed E-state index contributed by atoms with van der Waals surface area (Å²) in [4.78, 5) is 7.04. The molecule has 1 N–H and O–H groups in total. The molecule has 0 amide bonds. The molecule has 2 aliphatic heterocycles. The van der Waals surface area contributed by atoms with Crippen molar-refractivity contribution in [2.24, 2.45) is 0 Å². The maximum Gasteiger partial charge on any atom is 0.231 e. The predicted molar refractivity (Wildman–Crippen MR) is 126 cm³/mol. The summed E-state index contributed by atoms with van der Waals surface area (Å²) >= 11 is 5.66. The number of hydrogen-bond acceptors (Lipinski definition) is 5. The number of nitrogens with zero attached hydrogens (tertiary/aromatic N) is 3. The third-order valence-corrected chi connectivity index (χ3v) is 6.11. The van der Waals surface area contributed by atoms with Crippen LogP contribution in [0.15, 0.2) is 42.5 Å². The van der Waals surface area contributed by atoms with E-state index >= 15 is 0 Å². The van der Waals surface area contributed by atoms with Crippen molar-refractivity contribution in [2.45, 2.75) is 20.4 Å². The van der Waals surface area contributed by atoms with Crippen molar-refractivity contribution in [3.05, 3.63) is 48.0 Å².